The Morgan fingerprint density at radius 2 is 2.46 bits per heavy atom. The van der Waals surface area contributed by atoms with Crippen LogP contribution in [0.2, 0.25) is 0 Å². The molecule has 0 radical (unpaired) electrons. The molecule has 0 bridgehead atoms. The fourth-order valence-corrected chi connectivity index (χ4v) is 1.10. The maximum Gasteiger partial charge on any atom is 0.315 e. The van der Waals surface area contributed by atoms with Crippen molar-refractivity contribution in [2.45, 2.75) is 13.0 Å². The van der Waals surface area contributed by atoms with Gasteiger partial charge in [-0.15, -0.1) is 6.58 Å². The molecule has 0 spiro atoms. The van der Waals surface area contributed by atoms with Crippen LogP contribution in [-0.2, 0) is 13.0 Å². The molecule has 0 unspecified atom stereocenters. The maximum absolute atomic E-state index is 10.6. The largest absolute Gasteiger partial charge is 0.460 e. The monoisotopic (exact) mass is 182 g/mol. The normalized spacial score (nSPS) is 9.92. The first kappa shape index (κ1) is 9.47. The number of hydrogen-bond donors (Lipinski definition) is 1. The standard InChI is InChI=1S/C8H10N2O3/c1-2-3-6-5-13-7(4-9)8(6)10(11)12/h2,5H,1,3-4,9H2. The molecule has 0 amide bonds. The van der Waals surface area contributed by atoms with E-state index in [-0.39, 0.29) is 18.0 Å². The summed E-state index contributed by atoms with van der Waals surface area (Å²) < 4.78 is 4.94. The Hall–Kier alpha value is -1.62. The minimum Gasteiger partial charge on any atom is -0.460 e. The van der Waals surface area contributed by atoms with E-state index in [1.807, 2.05) is 0 Å². The molecular weight excluding hydrogens is 172 g/mol. The lowest BCUT2D eigenvalue weighted by atomic mass is 10.2. The Balaban J connectivity index is 3.13. The molecule has 0 saturated carbocycles. The van der Waals surface area contributed by atoms with Crippen LogP contribution >= 0.6 is 0 Å². The van der Waals surface area contributed by atoms with Gasteiger partial charge in [-0.3, -0.25) is 10.1 Å². The summed E-state index contributed by atoms with van der Waals surface area (Å²) >= 11 is 0. The van der Waals surface area contributed by atoms with E-state index in [0.717, 1.165) is 0 Å². The second-order valence-corrected chi connectivity index (χ2v) is 2.49. The lowest BCUT2D eigenvalue weighted by Gasteiger charge is -1.92. The lowest BCUT2D eigenvalue weighted by Crippen LogP contribution is -2.00. The number of nitro groups is 1. The molecule has 0 aliphatic carbocycles. The van der Waals surface area contributed by atoms with Gasteiger partial charge in [0, 0.05) is 6.42 Å². The van der Waals surface area contributed by atoms with Crippen LogP contribution in [0.25, 0.3) is 0 Å². The summed E-state index contributed by atoms with van der Waals surface area (Å²) in [6.45, 7) is 3.53. The van der Waals surface area contributed by atoms with Gasteiger partial charge >= 0.3 is 5.69 Å². The van der Waals surface area contributed by atoms with Crippen molar-refractivity contribution in [1.29, 1.82) is 0 Å². The third-order valence-electron chi connectivity index (χ3n) is 1.64. The van der Waals surface area contributed by atoms with Gasteiger partial charge in [-0.25, -0.2) is 0 Å². The zero-order chi connectivity index (χ0) is 9.84. The summed E-state index contributed by atoms with van der Waals surface area (Å²) in [5.74, 6) is 0.210. The fraction of sp³-hybridized carbons (Fsp3) is 0.250. The third-order valence-corrected chi connectivity index (χ3v) is 1.64. The highest BCUT2D eigenvalue weighted by Crippen LogP contribution is 2.26. The first-order valence-electron chi connectivity index (χ1n) is 3.75. The van der Waals surface area contributed by atoms with Crippen molar-refractivity contribution in [1.82, 2.24) is 0 Å². The topological polar surface area (TPSA) is 82.3 Å². The van der Waals surface area contributed by atoms with Crippen LogP contribution < -0.4 is 5.73 Å². The van der Waals surface area contributed by atoms with Crippen molar-refractivity contribution in [2.24, 2.45) is 5.73 Å². The van der Waals surface area contributed by atoms with Crippen LogP contribution in [0.1, 0.15) is 11.3 Å². The Morgan fingerprint density at radius 3 is 2.92 bits per heavy atom. The molecule has 5 heteroatoms. The van der Waals surface area contributed by atoms with Gasteiger partial charge in [0.05, 0.1) is 17.0 Å². The van der Waals surface area contributed by atoms with Crippen molar-refractivity contribution in [3.63, 3.8) is 0 Å². The van der Waals surface area contributed by atoms with E-state index in [1.165, 1.54) is 6.26 Å². The molecule has 70 valence electrons. The first-order valence-corrected chi connectivity index (χ1v) is 3.75. The average molecular weight is 182 g/mol. The van der Waals surface area contributed by atoms with Crippen molar-refractivity contribution in [2.75, 3.05) is 0 Å². The molecule has 1 aromatic heterocycles. The maximum atomic E-state index is 10.6. The van der Waals surface area contributed by atoms with Crippen LogP contribution in [0, 0.1) is 10.1 Å². The number of nitrogens with zero attached hydrogens (tertiary/aromatic N) is 1. The van der Waals surface area contributed by atoms with Gasteiger partial charge in [0.2, 0.25) is 0 Å². The summed E-state index contributed by atoms with van der Waals surface area (Å²) in [7, 11) is 0. The Labute approximate surface area is 75.0 Å². The van der Waals surface area contributed by atoms with Crippen LogP contribution in [0.15, 0.2) is 23.3 Å². The van der Waals surface area contributed by atoms with Crippen LogP contribution in [-0.4, -0.2) is 4.92 Å². The van der Waals surface area contributed by atoms with Gasteiger partial charge in [-0.1, -0.05) is 6.08 Å². The Morgan fingerprint density at radius 1 is 1.77 bits per heavy atom. The predicted molar refractivity (Wildman–Crippen MR) is 47.2 cm³/mol. The van der Waals surface area contributed by atoms with E-state index in [1.54, 1.807) is 6.08 Å². The summed E-state index contributed by atoms with van der Waals surface area (Å²) in [4.78, 5) is 10.1. The van der Waals surface area contributed by atoms with Gasteiger partial charge in [0.1, 0.15) is 6.26 Å². The Bertz CT molecular complexity index is 330. The second-order valence-electron chi connectivity index (χ2n) is 2.49. The SMILES string of the molecule is C=CCc1coc(CN)c1[N+](=O)[O-]. The Kier molecular flexibility index (Phi) is 2.81. The van der Waals surface area contributed by atoms with E-state index >= 15 is 0 Å². The number of hydrogen-bond acceptors (Lipinski definition) is 4. The van der Waals surface area contributed by atoms with Crippen LogP contribution in [0.5, 0.6) is 0 Å². The molecule has 0 aromatic carbocycles. The molecule has 13 heavy (non-hydrogen) atoms. The van der Waals surface area contributed by atoms with Crippen molar-refractivity contribution >= 4 is 5.69 Å². The van der Waals surface area contributed by atoms with E-state index in [9.17, 15) is 10.1 Å². The van der Waals surface area contributed by atoms with Gasteiger partial charge in [-0.2, -0.15) is 0 Å². The highest BCUT2D eigenvalue weighted by Gasteiger charge is 2.22. The zero-order valence-corrected chi connectivity index (χ0v) is 7.03. The van der Waals surface area contributed by atoms with E-state index < -0.39 is 4.92 Å². The molecule has 0 fully saturated rings. The van der Waals surface area contributed by atoms with Crippen LogP contribution in [0.3, 0.4) is 0 Å². The molecule has 1 heterocycles. The lowest BCUT2D eigenvalue weighted by molar-refractivity contribution is -0.386. The molecule has 0 aliphatic heterocycles. The number of rotatable bonds is 4. The van der Waals surface area contributed by atoms with Gasteiger partial charge in [0.15, 0.2) is 5.76 Å². The van der Waals surface area contributed by atoms with Gasteiger partial charge < -0.3 is 10.2 Å². The van der Waals surface area contributed by atoms with E-state index in [0.29, 0.717) is 12.0 Å². The smallest absolute Gasteiger partial charge is 0.315 e. The molecule has 0 aliphatic rings. The van der Waals surface area contributed by atoms with Gasteiger partial charge in [0.25, 0.3) is 0 Å². The molecule has 2 N–H and O–H groups in total. The molecule has 5 nitrogen and oxygen atoms in total. The second kappa shape index (κ2) is 3.86. The minimum atomic E-state index is -0.482. The summed E-state index contributed by atoms with van der Waals surface area (Å²) in [6.07, 6.45) is 3.35. The highest BCUT2D eigenvalue weighted by molar-refractivity contribution is 5.43. The number of nitrogens with two attached hydrogens (primary N) is 1. The predicted octanol–water partition coefficient (Wildman–Crippen LogP) is 1.38. The molecule has 1 aromatic rings. The summed E-state index contributed by atoms with van der Waals surface area (Å²) in [5, 5.41) is 10.6. The van der Waals surface area contributed by atoms with Crippen molar-refractivity contribution in [3.05, 3.63) is 40.4 Å². The molecular formula is C8H10N2O3. The quantitative estimate of drug-likeness (QED) is 0.433. The average Bonchev–Trinajstić information content (AvgIpc) is 2.48. The summed E-state index contributed by atoms with van der Waals surface area (Å²) in [6, 6.07) is 0. The molecule has 1 rings (SSSR count). The van der Waals surface area contributed by atoms with Gasteiger partial charge in [-0.05, 0) is 0 Å². The molecule has 0 atom stereocenters. The minimum absolute atomic E-state index is 0.0256. The van der Waals surface area contributed by atoms with E-state index in [4.69, 9.17) is 10.2 Å². The third kappa shape index (κ3) is 1.75. The van der Waals surface area contributed by atoms with E-state index in [2.05, 4.69) is 6.58 Å². The summed E-state index contributed by atoms with van der Waals surface area (Å²) in [5.41, 5.74) is 5.76. The number of allylic oxidation sites excluding steroid dienone is 1. The van der Waals surface area contributed by atoms with Crippen molar-refractivity contribution in [3.8, 4) is 0 Å². The number of furan rings is 1. The van der Waals surface area contributed by atoms with Crippen molar-refractivity contribution < 1.29 is 9.34 Å². The zero-order valence-electron chi connectivity index (χ0n) is 7.03. The fourth-order valence-electron chi connectivity index (χ4n) is 1.10. The highest BCUT2D eigenvalue weighted by atomic mass is 16.6. The first-order chi connectivity index (χ1) is 6.20. The van der Waals surface area contributed by atoms with Crippen LogP contribution in [0.4, 0.5) is 5.69 Å². The molecule has 0 saturated heterocycles.